The molecular formula is C27H23ClN4O2S. The van der Waals surface area contributed by atoms with Crippen LogP contribution in [-0.4, -0.2) is 29.1 Å². The zero-order valence-electron chi connectivity index (χ0n) is 19.3. The highest BCUT2D eigenvalue weighted by Gasteiger charge is 2.59. The van der Waals surface area contributed by atoms with E-state index in [-0.39, 0.29) is 18.5 Å². The molecule has 8 heteroatoms. The van der Waals surface area contributed by atoms with Crippen LogP contribution in [0.15, 0.2) is 60.7 Å². The number of halogens is 1. The zero-order chi connectivity index (χ0) is 24.7. The van der Waals surface area contributed by atoms with Gasteiger partial charge in [-0.25, -0.2) is 4.79 Å². The van der Waals surface area contributed by atoms with Crippen molar-refractivity contribution in [2.24, 2.45) is 0 Å². The van der Waals surface area contributed by atoms with Gasteiger partial charge in [-0.05, 0) is 73.0 Å². The summed E-state index contributed by atoms with van der Waals surface area (Å²) in [7, 11) is 0. The number of amides is 3. The first kappa shape index (κ1) is 23.3. The molecule has 2 heterocycles. The van der Waals surface area contributed by atoms with Crippen molar-refractivity contribution in [1.82, 2.24) is 4.90 Å². The van der Waals surface area contributed by atoms with Crippen LogP contribution in [0.5, 0.6) is 0 Å². The summed E-state index contributed by atoms with van der Waals surface area (Å²) in [5.74, 6) is 0.436. The van der Waals surface area contributed by atoms with E-state index in [2.05, 4.69) is 11.4 Å². The fraction of sp³-hybridized carbons (Fsp3) is 0.222. The maximum absolute atomic E-state index is 14.1. The summed E-state index contributed by atoms with van der Waals surface area (Å²) < 4.78 is 0. The number of aryl methyl sites for hydroxylation is 2. The molecule has 1 saturated heterocycles. The maximum Gasteiger partial charge on any atom is 0.323 e. The van der Waals surface area contributed by atoms with E-state index in [0.29, 0.717) is 34.1 Å². The number of rotatable bonds is 3. The van der Waals surface area contributed by atoms with Crippen LogP contribution in [0.2, 0.25) is 5.02 Å². The Hall–Kier alpha value is -3.47. The largest absolute Gasteiger partial charge is 0.323 e. The second-order valence-corrected chi connectivity index (χ2v) is 10.5. The van der Waals surface area contributed by atoms with Gasteiger partial charge in [0.1, 0.15) is 0 Å². The lowest BCUT2D eigenvalue weighted by atomic mass is 10.1. The number of thioether (sulfide) groups is 1. The first-order valence-electron chi connectivity index (χ1n) is 11.2. The first-order valence-corrected chi connectivity index (χ1v) is 12.6. The maximum atomic E-state index is 14.1. The van der Waals surface area contributed by atoms with E-state index in [1.165, 1.54) is 11.8 Å². The van der Waals surface area contributed by atoms with Crippen LogP contribution in [-0.2, 0) is 16.2 Å². The number of nitrogens with zero attached hydrogens (tertiary/aromatic N) is 3. The van der Waals surface area contributed by atoms with Crippen molar-refractivity contribution in [3.8, 4) is 6.07 Å². The minimum absolute atomic E-state index is 0.185. The molecule has 3 amide bonds. The fourth-order valence-electron chi connectivity index (χ4n) is 4.68. The molecule has 2 aliphatic rings. The van der Waals surface area contributed by atoms with Gasteiger partial charge >= 0.3 is 6.03 Å². The van der Waals surface area contributed by atoms with Crippen LogP contribution < -0.4 is 10.2 Å². The molecule has 35 heavy (non-hydrogen) atoms. The first-order chi connectivity index (χ1) is 16.8. The number of nitriles is 1. The smallest absolute Gasteiger partial charge is 0.308 e. The molecule has 176 valence electrons. The standard InChI is InChI=1S/C27H23ClN4O2S/c1-17-6-8-22(12-18(17)2)30-26(34)32-10-11-35-27(32)23-14-21(28)7-9-24(23)31(25(27)33)16-20-5-3-4-19(13-20)15-29/h3-9,12-14H,10-11,16H2,1-2H3,(H,30,34)/t27-/m0/s1. The van der Waals surface area contributed by atoms with E-state index in [9.17, 15) is 14.9 Å². The zero-order valence-corrected chi connectivity index (χ0v) is 20.9. The molecule has 1 fully saturated rings. The van der Waals surface area contributed by atoms with E-state index in [1.54, 1.807) is 40.1 Å². The van der Waals surface area contributed by atoms with E-state index >= 15 is 0 Å². The second kappa shape index (κ2) is 8.95. The fourth-order valence-corrected chi connectivity index (χ4v) is 6.30. The highest BCUT2D eigenvalue weighted by molar-refractivity contribution is 8.01. The van der Waals surface area contributed by atoms with Gasteiger partial charge in [-0.1, -0.05) is 29.8 Å². The summed E-state index contributed by atoms with van der Waals surface area (Å²) in [6, 6.07) is 20.2. The van der Waals surface area contributed by atoms with Gasteiger partial charge in [0.05, 0.1) is 23.9 Å². The summed E-state index contributed by atoms with van der Waals surface area (Å²) >= 11 is 7.82. The third-order valence-electron chi connectivity index (χ3n) is 6.56. The van der Waals surface area contributed by atoms with Crippen LogP contribution >= 0.6 is 23.4 Å². The van der Waals surface area contributed by atoms with Gasteiger partial charge in [0.2, 0.25) is 0 Å². The second-order valence-electron chi connectivity index (χ2n) is 8.74. The van der Waals surface area contributed by atoms with Gasteiger partial charge in [0.25, 0.3) is 5.91 Å². The Morgan fingerprint density at radius 3 is 2.74 bits per heavy atom. The van der Waals surface area contributed by atoms with E-state index in [4.69, 9.17) is 11.6 Å². The number of anilines is 2. The van der Waals surface area contributed by atoms with Crippen LogP contribution in [0.1, 0.15) is 27.8 Å². The summed E-state index contributed by atoms with van der Waals surface area (Å²) in [4.78, 5) is 29.7. The van der Waals surface area contributed by atoms with Gasteiger partial charge in [0.15, 0.2) is 4.87 Å². The average Bonchev–Trinajstić information content (AvgIpc) is 3.39. The number of fused-ring (bicyclic) bond motifs is 2. The topological polar surface area (TPSA) is 76.4 Å². The van der Waals surface area contributed by atoms with Gasteiger partial charge < -0.3 is 10.2 Å². The SMILES string of the molecule is Cc1ccc(NC(=O)N2CCS[C@@]23C(=O)N(Cc2cccc(C#N)c2)c2ccc(Cl)cc23)cc1C. The summed E-state index contributed by atoms with van der Waals surface area (Å²) in [6.07, 6.45) is 0. The Labute approximate surface area is 213 Å². The number of nitrogens with one attached hydrogen (secondary N) is 1. The molecule has 1 N–H and O–H groups in total. The van der Waals surface area contributed by atoms with Crippen molar-refractivity contribution in [3.05, 3.63) is 93.5 Å². The number of urea groups is 1. The Bertz CT molecular complexity index is 1400. The Kier molecular flexibility index (Phi) is 5.96. The van der Waals surface area contributed by atoms with Crippen LogP contribution in [0, 0.1) is 25.2 Å². The van der Waals surface area contributed by atoms with Crippen molar-refractivity contribution < 1.29 is 9.59 Å². The summed E-state index contributed by atoms with van der Waals surface area (Å²) in [5.41, 5.74) is 5.71. The predicted molar refractivity (Wildman–Crippen MR) is 140 cm³/mol. The third kappa shape index (κ3) is 3.93. The molecule has 6 nitrogen and oxygen atoms in total. The quantitative estimate of drug-likeness (QED) is 0.490. The van der Waals surface area contributed by atoms with Crippen LogP contribution in [0.25, 0.3) is 0 Å². The van der Waals surface area contributed by atoms with Gasteiger partial charge in [0, 0.05) is 28.6 Å². The van der Waals surface area contributed by atoms with Crippen LogP contribution in [0.4, 0.5) is 16.2 Å². The average molecular weight is 503 g/mol. The molecule has 1 spiro atoms. The molecule has 0 bridgehead atoms. The minimum atomic E-state index is -1.20. The van der Waals surface area contributed by atoms with Crippen LogP contribution in [0.3, 0.4) is 0 Å². The van der Waals surface area contributed by atoms with E-state index < -0.39 is 4.87 Å². The highest BCUT2D eigenvalue weighted by Crippen LogP contribution is 2.55. The predicted octanol–water partition coefficient (Wildman–Crippen LogP) is 5.81. The van der Waals surface area contributed by atoms with Crippen molar-refractivity contribution in [1.29, 1.82) is 5.26 Å². The molecule has 1 atom stereocenters. The number of benzene rings is 3. The summed E-state index contributed by atoms with van der Waals surface area (Å²) in [5, 5.41) is 12.8. The number of hydrogen-bond acceptors (Lipinski definition) is 4. The lowest BCUT2D eigenvalue weighted by molar-refractivity contribution is -0.123. The van der Waals surface area contributed by atoms with Gasteiger partial charge in [-0.15, -0.1) is 11.8 Å². The molecule has 2 aliphatic heterocycles. The number of carbonyl (C=O) groups is 2. The normalized spacial score (nSPS) is 18.6. The molecule has 0 radical (unpaired) electrons. The van der Waals surface area contributed by atoms with Crippen molar-refractivity contribution in [3.63, 3.8) is 0 Å². The lowest BCUT2D eigenvalue weighted by Gasteiger charge is -2.33. The molecule has 3 aromatic rings. The molecule has 0 aromatic heterocycles. The Balaban J connectivity index is 1.52. The van der Waals surface area contributed by atoms with E-state index in [1.807, 2.05) is 44.2 Å². The van der Waals surface area contributed by atoms with Crippen molar-refractivity contribution >= 4 is 46.7 Å². The minimum Gasteiger partial charge on any atom is -0.308 e. The van der Waals surface area contributed by atoms with Gasteiger partial charge in [-0.2, -0.15) is 5.26 Å². The Morgan fingerprint density at radius 1 is 1.14 bits per heavy atom. The van der Waals surface area contributed by atoms with Crippen molar-refractivity contribution in [2.75, 3.05) is 22.5 Å². The third-order valence-corrected chi connectivity index (χ3v) is 8.21. The number of carbonyl (C=O) groups excluding carboxylic acids is 2. The monoisotopic (exact) mass is 502 g/mol. The molecule has 0 unspecified atom stereocenters. The lowest BCUT2D eigenvalue weighted by Crippen LogP contribution is -2.51. The Morgan fingerprint density at radius 2 is 1.97 bits per heavy atom. The molecule has 3 aromatic carbocycles. The summed E-state index contributed by atoms with van der Waals surface area (Å²) in [6.45, 7) is 4.73. The number of hydrogen-bond donors (Lipinski definition) is 1. The van der Waals surface area contributed by atoms with Gasteiger partial charge in [-0.3, -0.25) is 9.69 Å². The molecule has 0 saturated carbocycles. The van der Waals surface area contributed by atoms with Crippen molar-refractivity contribution in [2.45, 2.75) is 25.3 Å². The highest BCUT2D eigenvalue weighted by atomic mass is 35.5. The molecule has 5 rings (SSSR count). The molecule has 0 aliphatic carbocycles. The van der Waals surface area contributed by atoms with E-state index in [0.717, 1.165) is 22.4 Å². The molecular weight excluding hydrogens is 480 g/mol.